The molecule has 0 aliphatic carbocycles. The maximum Gasteiger partial charge on any atom is 0.246 e. The van der Waals surface area contributed by atoms with E-state index in [1.165, 1.54) is 4.90 Å². The molecule has 4 atom stereocenters. The molecular formula is C37H59ClN6O6S. The van der Waals surface area contributed by atoms with Crippen molar-refractivity contribution in [3.8, 4) is 10.4 Å². The number of benzene rings is 1. The van der Waals surface area contributed by atoms with Crippen molar-refractivity contribution in [1.82, 2.24) is 20.5 Å². The minimum absolute atomic E-state index is 0. The highest BCUT2D eigenvalue weighted by Gasteiger charge is 2.44. The number of aliphatic hydroxyl groups is 1. The largest absolute Gasteiger partial charge is 0.391 e. The van der Waals surface area contributed by atoms with Gasteiger partial charge in [-0.05, 0) is 42.7 Å². The third kappa shape index (κ3) is 15.2. The van der Waals surface area contributed by atoms with E-state index in [1.54, 1.807) is 11.3 Å². The molecule has 1 aromatic carbocycles. The van der Waals surface area contributed by atoms with Gasteiger partial charge in [-0.15, -0.1) is 23.7 Å². The molecule has 7 N–H and O–H groups in total. The van der Waals surface area contributed by atoms with E-state index in [2.05, 4.69) is 15.6 Å². The van der Waals surface area contributed by atoms with Crippen LogP contribution in [0.1, 0.15) is 103 Å². The van der Waals surface area contributed by atoms with Gasteiger partial charge in [-0.1, -0.05) is 77.1 Å². The zero-order chi connectivity index (χ0) is 36.7. The number of aromatic nitrogens is 1. The molecular weight excluding hydrogens is 692 g/mol. The molecule has 1 saturated heterocycles. The number of likely N-dealkylation sites (tertiary alicyclic amines) is 1. The van der Waals surface area contributed by atoms with Crippen molar-refractivity contribution in [3.05, 3.63) is 41.0 Å². The van der Waals surface area contributed by atoms with Crippen LogP contribution < -0.4 is 22.1 Å². The van der Waals surface area contributed by atoms with Gasteiger partial charge in [0.25, 0.3) is 0 Å². The molecule has 2 heterocycles. The van der Waals surface area contributed by atoms with Gasteiger partial charge in [0, 0.05) is 45.0 Å². The molecule has 14 heteroatoms. The first-order valence-electron chi connectivity index (χ1n) is 17.9. The number of thiazole rings is 1. The first kappa shape index (κ1) is 44.1. The number of hydrogen-bond donors (Lipinski definition) is 5. The first-order valence-corrected chi connectivity index (χ1v) is 18.8. The van der Waals surface area contributed by atoms with Crippen LogP contribution in [0.2, 0.25) is 0 Å². The number of amides is 4. The smallest absolute Gasteiger partial charge is 0.246 e. The number of halogens is 1. The minimum atomic E-state index is -0.835. The molecule has 1 fully saturated rings. The van der Waals surface area contributed by atoms with Crippen molar-refractivity contribution in [2.24, 2.45) is 16.9 Å². The molecule has 2 aromatic rings. The molecule has 0 spiro atoms. The number of aliphatic hydroxyl groups excluding tert-OH is 1. The van der Waals surface area contributed by atoms with Crippen LogP contribution in [0.5, 0.6) is 0 Å². The summed E-state index contributed by atoms with van der Waals surface area (Å²) >= 11 is 1.58. The SMILES string of the molecule is Cc1ncsc1-c1ccc(CNC(=O)[C@@H]2C[C@@H](O)CN2C(=O)[C@@H](NC(=O)CCCCCCCCCOC[C@@H](N)CCC(N)=O)C(C)(C)C)cc1.Cl. The number of primary amides is 1. The second-order valence-electron chi connectivity index (χ2n) is 14.5. The van der Waals surface area contributed by atoms with E-state index in [4.69, 9.17) is 16.2 Å². The maximum absolute atomic E-state index is 13.9. The van der Waals surface area contributed by atoms with E-state index >= 15 is 0 Å². The quantitative estimate of drug-likeness (QED) is 0.116. The average molecular weight is 751 g/mol. The summed E-state index contributed by atoms with van der Waals surface area (Å²) < 4.78 is 5.59. The van der Waals surface area contributed by atoms with E-state index in [1.807, 2.05) is 57.5 Å². The van der Waals surface area contributed by atoms with Crippen LogP contribution >= 0.6 is 23.7 Å². The molecule has 0 saturated carbocycles. The third-order valence-corrected chi connectivity index (χ3v) is 9.98. The standard InChI is InChI=1S/C37H58N6O6S.ClH/c1-25-33(50-24-41-25)27-15-13-26(14-16-27)21-40-35(47)30-20-29(44)22-43(30)36(48)34(37(2,3)4)42-32(46)12-10-8-6-5-7-9-11-19-49-23-28(38)17-18-31(39)45;/h13-16,24,28-30,34,44H,5-12,17-23,38H2,1-4H3,(H2,39,45)(H,40,47)(H,42,46);1H/t28-,29+,30-,34+;/m0./s1. The molecule has 286 valence electrons. The van der Waals surface area contributed by atoms with Crippen LogP contribution in [0, 0.1) is 12.3 Å². The first-order chi connectivity index (χ1) is 23.8. The highest BCUT2D eigenvalue weighted by Crippen LogP contribution is 2.28. The Morgan fingerprint density at radius 2 is 1.69 bits per heavy atom. The Bertz CT molecular complexity index is 1380. The molecule has 4 amide bonds. The van der Waals surface area contributed by atoms with E-state index < -0.39 is 23.6 Å². The summed E-state index contributed by atoms with van der Waals surface area (Å²) in [6.07, 6.45) is 7.27. The van der Waals surface area contributed by atoms with Crippen molar-refractivity contribution in [1.29, 1.82) is 0 Å². The van der Waals surface area contributed by atoms with Crippen molar-refractivity contribution < 1.29 is 29.0 Å². The molecule has 51 heavy (non-hydrogen) atoms. The predicted octanol–water partition coefficient (Wildman–Crippen LogP) is 4.38. The van der Waals surface area contributed by atoms with E-state index in [-0.39, 0.29) is 61.5 Å². The van der Waals surface area contributed by atoms with Gasteiger partial charge in [0.2, 0.25) is 23.6 Å². The number of nitrogens with two attached hydrogens (primary N) is 2. The van der Waals surface area contributed by atoms with Crippen molar-refractivity contribution in [2.45, 2.75) is 129 Å². The van der Waals surface area contributed by atoms with Gasteiger partial charge in [0.15, 0.2) is 0 Å². The summed E-state index contributed by atoms with van der Waals surface area (Å²) in [7, 11) is 0. The summed E-state index contributed by atoms with van der Waals surface area (Å²) in [4.78, 5) is 57.8. The second-order valence-corrected chi connectivity index (χ2v) is 15.4. The number of nitrogens with one attached hydrogen (secondary N) is 2. The van der Waals surface area contributed by atoms with Crippen LogP contribution in [0.15, 0.2) is 29.8 Å². The summed E-state index contributed by atoms with van der Waals surface area (Å²) in [5.41, 5.74) is 15.2. The van der Waals surface area contributed by atoms with Gasteiger partial charge in [-0.25, -0.2) is 4.98 Å². The van der Waals surface area contributed by atoms with E-state index in [9.17, 15) is 24.3 Å². The number of aryl methyl sites for hydroxylation is 1. The highest BCUT2D eigenvalue weighted by atomic mass is 35.5. The predicted molar refractivity (Wildman–Crippen MR) is 203 cm³/mol. The number of β-amino-alcohol motifs (C(OH)–C–C–N with tert-alkyl or cyclic N) is 1. The molecule has 3 rings (SSSR count). The molecule has 0 bridgehead atoms. The Balaban J connectivity index is 0.00000901. The highest BCUT2D eigenvalue weighted by molar-refractivity contribution is 7.13. The van der Waals surface area contributed by atoms with Crippen LogP contribution in [0.4, 0.5) is 0 Å². The lowest BCUT2D eigenvalue weighted by Gasteiger charge is -2.35. The monoisotopic (exact) mass is 750 g/mol. The Kier molecular flexibility index (Phi) is 19.1. The van der Waals surface area contributed by atoms with Crippen LogP contribution in [0.3, 0.4) is 0 Å². The number of ether oxygens (including phenoxy) is 1. The number of carbonyl (C=O) groups excluding carboxylic acids is 4. The van der Waals surface area contributed by atoms with Gasteiger partial charge in [0.05, 0.1) is 28.8 Å². The lowest BCUT2D eigenvalue weighted by atomic mass is 9.85. The lowest BCUT2D eigenvalue weighted by Crippen LogP contribution is -2.57. The summed E-state index contributed by atoms with van der Waals surface area (Å²) in [6, 6.07) is 6.09. The van der Waals surface area contributed by atoms with Crippen LogP contribution in [0.25, 0.3) is 10.4 Å². The Hall–Kier alpha value is -3.10. The fourth-order valence-corrected chi connectivity index (χ4v) is 6.84. The fourth-order valence-electron chi connectivity index (χ4n) is 6.03. The number of unbranched alkanes of at least 4 members (excludes halogenated alkanes) is 6. The fraction of sp³-hybridized carbons (Fsp3) is 0.649. The average Bonchev–Trinajstić information content (AvgIpc) is 3.68. The van der Waals surface area contributed by atoms with Crippen LogP contribution in [-0.2, 0) is 30.5 Å². The molecule has 1 aromatic heterocycles. The third-order valence-electron chi connectivity index (χ3n) is 9.00. The van der Waals surface area contributed by atoms with Crippen LogP contribution in [-0.4, -0.2) is 82.6 Å². The molecule has 1 aliphatic rings. The summed E-state index contributed by atoms with van der Waals surface area (Å²) in [6.45, 7) is 9.04. The number of carbonyl (C=O) groups is 4. The zero-order valence-corrected chi connectivity index (χ0v) is 32.3. The molecule has 1 aliphatic heterocycles. The minimum Gasteiger partial charge on any atom is -0.391 e. The number of hydrogen-bond acceptors (Lipinski definition) is 9. The maximum atomic E-state index is 13.9. The lowest BCUT2D eigenvalue weighted by molar-refractivity contribution is -0.144. The Morgan fingerprint density at radius 1 is 1.04 bits per heavy atom. The van der Waals surface area contributed by atoms with Crippen molar-refractivity contribution in [3.63, 3.8) is 0 Å². The van der Waals surface area contributed by atoms with E-state index in [0.29, 0.717) is 32.6 Å². The Morgan fingerprint density at radius 3 is 2.29 bits per heavy atom. The number of nitrogens with zero attached hydrogens (tertiary/aromatic N) is 2. The van der Waals surface area contributed by atoms with Gasteiger partial charge >= 0.3 is 0 Å². The molecule has 0 radical (unpaired) electrons. The summed E-state index contributed by atoms with van der Waals surface area (Å²) in [5, 5.41) is 16.4. The molecule has 12 nitrogen and oxygen atoms in total. The van der Waals surface area contributed by atoms with Gasteiger partial charge < -0.3 is 36.8 Å². The van der Waals surface area contributed by atoms with Crippen molar-refractivity contribution in [2.75, 3.05) is 19.8 Å². The Labute approximate surface area is 313 Å². The normalized spacial score (nSPS) is 17.0. The summed E-state index contributed by atoms with van der Waals surface area (Å²) in [5.74, 6) is -1.23. The second kappa shape index (κ2) is 22.1. The topological polar surface area (TPSA) is 190 Å². The van der Waals surface area contributed by atoms with E-state index in [0.717, 1.165) is 66.6 Å². The molecule has 0 unspecified atom stereocenters. The zero-order valence-electron chi connectivity index (χ0n) is 30.7. The van der Waals surface area contributed by atoms with Gasteiger partial charge in [-0.3, -0.25) is 19.2 Å². The van der Waals surface area contributed by atoms with Crippen molar-refractivity contribution >= 4 is 47.4 Å². The van der Waals surface area contributed by atoms with Gasteiger partial charge in [-0.2, -0.15) is 0 Å². The number of rotatable bonds is 21. The van der Waals surface area contributed by atoms with Gasteiger partial charge in [0.1, 0.15) is 12.1 Å².